The van der Waals surface area contributed by atoms with Crippen molar-refractivity contribution in [2.24, 2.45) is 0 Å². The molecular formula is C27H29N3O6S. The minimum absolute atomic E-state index is 0.0440. The highest BCUT2D eigenvalue weighted by Crippen LogP contribution is 2.30. The van der Waals surface area contributed by atoms with Gasteiger partial charge in [-0.1, -0.05) is 48.5 Å². The van der Waals surface area contributed by atoms with Crippen LogP contribution < -0.4 is 15.4 Å². The summed E-state index contributed by atoms with van der Waals surface area (Å²) in [4.78, 5) is 26.0. The van der Waals surface area contributed by atoms with Crippen LogP contribution in [0.25, 0.3) is 0 Å². The lowest BCUT2D eigenvalue weighted by atomic mass is 10.0. The summed E-state index contributed by atoms with van der Waals surface area (Å²) in [6.45, 7) is 1.18. The molecule has 2 N–H and O–H groups in total. The van der Waals surface area contributed by atoms with Crippen LogP contribution >= 0.6 is 0 Å². The lowest BCUT2D eigenvalue weighted by Crippen LogP contribution is -2.40. The van der Waals surface area contributed by atoms with Crippen LogP contribution in [0.15, 0.2) is 83.8 Å². The molecule has 4 rings (SSSR count). The average Bonchev–Trinajstić information content (AvgIpc) is 2.94. The van der Waals surface area contributed by atoms with Gasteiger partial charge in [0.15, 0.2) is 0 Å². The van der Waals surface area contributed by atoms with Gasteiger partial charge in [-0.15, -0.1) is 0 Å². The molecule has 1 aliphatic rings. The number of sulfonamides is 1. The predicted molar refractivity (Wildman–Crippen MR) is 139 cm³/mol. The second kappa shape index (κ2) is 12.0. The van der Waals surface area contributed by atoms with Gasteiger partial charge in [-0.25, -0.2) is 8.42 Å². The maximum atomic E-state index is 13.2. The highest BCUT2D eigenvalue weighted by atomic mass is 32.2. The molecule has 3 aromatic carbocycles. The van der Waals surface area contributed by atoms with Crippen molar-refractivity contribution in [1.82, 2.24) is 9.62 Å². The number of benzene rings is 3. The first kappa shape index (κ1) is 26.3. The molecule has 10 heteroatoms. The van der Waals surface area contributed by atoms with Crippen molar-refractivity contribution in [3.8, 4) is 5.75 Å². The Bertz CT molecular complexity index is 1330. The van der Waals surface area contributed by atoms with E-state index in [-0.39, 0.29) is 36.0 Å². The molecule has 9 nitrogen and oxygen atoms in total. The van der Waals surface area contributed by atoms with Gasteiger partial charge in [-0.05, 0) is 35.9 Å². The molecule has 2 amide bonds. The number of carbonyl (C=O) groups excluding carboxylic acids is 2. The van der Waals surface area contributed by atoms with E-state index in [4.69, 9.17) is 9.47 Å². The van der Waals surface area contributed by atoms with Crippen LogP contribution in [-0.2, 0) is 19.6 Å². The molecule has 0 radical (unpaired) electrons. The number of hydrogen-bond donors (Lipinski definition) is 2. The number of carbonyl (C=O) groups is 2. The maximum Gasteiger partial charge on any atom is 0.251 e. The molecule has 0 saturated carbocycles. The van der Waals surface area contributed by atoms with E-state index >= 15 is 0 Å². The number of rotatable bonds is 9. The molecule has 0 aromatic heterocycles. The SMILES string of the molecule is COc1ccc(S(=O)(=O)N2CCOCC2)cc1NC(=O)C[C@H](NC(=O)c1ccccc1)c1ccccc1. The summed E-state index contributed by atoms with van der Waals surface area (Å²) in [5, 5.41) is 5.70. The Hall–Kier alpha value is -3.73. The van der Waals surface area contributed by atoms with E-state index in [0.717, 1.165) is 5.56 Å². The Labute approximate surface area is 216 Å². The summed E-state index contributed by atoms with van der Waals surface area (Å²) in [5.74, 6) is -0.404. The standard InChI is InChI=1S/C27H29N3O6S/c1-35-25-13-12-22(37(33,34)30-14-16-36-17-15-30)18-24(25)28-26(31)19-23(20-8-4-2-5-9-20)29-27(32)21-10-6-3-7-11-21/h2-13,18,23H,14-17,19H2,1H3,(H,28,31)(H,29,32)/t23-/m0/s1. The zero-order valence-corrected chi connectivity index (χ0v) is 21.2. The quantitative estimate of drug-likeness (QED) is 0.445. The summed E-state index contributed by atoms with van der Waals surface area (Å²) < 4.78 is 38.2. The molecule has 1 saturated heterocycles. The summed E-state index contributed by atoms with van der Waals surface area (Å²) in [5.41, 5.74) is 1.46. The minimum atomic E-state index is -3.77. The molecule has 0 aliphatic carbocycles. The van der Waals surface area contributed by atoms with Gasteiger partial charge >= 0.3 is 0 Å². The third-order valence-electron chi connectivity index (χ3n) is 5.99. The van der Waals surface area contributed by atoms with Crippen LogP contribution in [0.2, 0.25) is 0 Å². The fourth-order valence-electron chi connectivity index (χ4n) is 4.04. The smallest absolute Gasteiger partial charge is 0.251 e. The van der Waals surface area contributed by atoms with Crippen molar-refractivity contribution in [2.75, 3.05) is 38.7 Å². The zero-order chi connectivity index (χ0) is 26.3. The number of nitrogens with zero attached hydrogens (tertiary/aromatic N) is 1. The zero-order valence-electron chi connectivity index (χ0n) is 20.4. The van der Waals surface area contributed by atoms with Crippen LogP contribution in [0.3, 0.4) is 0 Å². The number of nitrogens with one attached hydrogen (secondary N) is 2. The fraction of sp³-hybridized carbons (Fsp3) is 0.259. The third-order valence-corrected chi connectivity index (χ3v) is 7.88. The molecule has 3 aromatic rings. The van der Waals surface area contributed by atoms with E-state index < -0.39 is 22.0 Å². The van der Waals surface area contributed by atoms with Gasteiger partial charge < -0.3 is 20.1 Å². The van der Waals surface area contributed by atoms with Crippen molar-refractivity contribution in [3.05, 3.63) is 90.0 Å². The van der Waals surface area contributed by atoms with Gasteiger partial charge in [0, 0.05) is 18.7 Å². The highest BCUT2D eigenvalue weighted by Gasteiger charge is 2.28. The van der Waals surface area contributed by atoms with Crippen LogP contribution in [0.4, 0.5) is 5.69 Å². The average molecular weight is 524 g/mol. The second-order valence-electron chi connectivity index (χ2n) is 8.43. The molecule has 37 heavy (non-hydrogen) atoms. The largest absolute Gasteiger partial charge is 0.495 e. The van der Waals surface area contributed by atoms with Crippen LogP contribution in [0, 0.1) is 0 Å². The van der Waals surface area contributed by atoms with Gasteiger partial charge in [0.1, 0.15) is 5.75 Å². The number of methoxy groups -OCH3 is 1. The van der Waals surface area contributed by atoms with Gasteiger partial charge in [0.05, 0.1) is 43.4 Å². The number of morpholine rings is 1. The van der Waals surface area contributed by atoms with Crippen LogP contribution in [0.1, 0.15) is 28.4 Å². The van der Waals surface area contributed by atoms with E-state index in [2.05, 4.69) is 10.6 Å². The number of hydrogen-bond acceptors (Lipinski definition) is 6. The summed E-state index contributed by atoms with van der Waals surface area (Å²) >= 11 is 0. The molecule has 1 heterocycles. The van der Waals surface area contributed by atoms with Gasteiger partial charge in [-0.2, -0.15) is 4.31 Å². The van der Waals surface area contributed by atoms with E-state index in [1.807, 2.05) is 36.4 Å². The minimum Gasteiger partial charge on any atom is -0.495 e. The van der Waals surface area contributed by atoms with E-state index in [9.17, 15) is 18.0 Å². The van der Waals surface area contributed by atoms with Crippen molar-refractivity contribution in [2.45, 2.75) is 17.4 Å². The monoisotopic (exact) mass is 523 g/mol. The summed E-state index contributed by atoms with van der Waals surface area (Å²) in [6.07, 6.45) is -0.0772. The third kappa shape index (κ3) is 6.53. The first-order valence-corrected chi connectivity index (χ1v) is 13.3. The summed E-state index contributed by atoms with van der Waals surface area (Å²) in [7, 11) is -2.33. The van der Waals surface area contributed by atoms with Crippen LogP contribution in [0.5, 0.6) is 5.75 Å². The lowest BCUT2D eigenvalue weighted by Gasteiger charge is -2.26. The Kier molecular flexibility index (Phi) is 8.54. The van der Waals surface area contributed by atoms with Crippen molar-refractivity contribution in [1.29, 1.82) is 0 Å². The molecule has 0 bridgehead atoms. The Morgan fingerprint density at radius 2 is 1.62 bits per heavy atom. The van der Waals surface area contributed by atoms with Crippen LogP contribution in [-0.4, -0.2) is 58.0 Å². The maximum absolute atomic E-state index is 13.2. The van der Waals surface area contributed by atoms with Gasteiger partial charge in [-0.3, -0.25) is 9.59 Å². The molecule has 1 fully saturated rings. The van der Waals surface area contributed by atoms with Crippen molar-refractivity contribution in [3.63, 3.8) is 0 Å². The number of anilines is 1. The molecule has 1 atom stereocenters. The van der Waals surface area contributed by atoms with E-state index in [1.54, 1.807) is 24.3 Å². The Morgan fingerprint density at radius 1 is 0.973 bits per heavy atom. The first-order chi connectivity index (χ1) is 17.9. The van der Waals surface area contributed by atoms with E-state index in [0.29, 0.717) is 24.5 Å². The molecular weight excluding hydrogens is 494 g/mol. The lowest BCUT2D eigenvalue weighted by molar-refractivity contribution is -0.116. The Balaban J connectivity index is 1.54. The molecule has 194 valence electrons. The normalized spacial score (nSPS) is 14.9. The fourth-order valence-corrected chi connectivity index (χ4v) is 5.47. The van der Waals surface area contributed by atoms with Gasteiger partial charge in [0.25, 0.3) is 5.91 Å². The van der Waals surface area contributed by atoms with Crippen molar-refractivity contribution < 1.29 is 27.5 Å². The highest BCUT2D eigenvalue weighted by molar-refractivity contribution is 7.89. The topological polar surface area (TPSA) is 114 Å². The van der Waals surface area contributed by atoms with E-state index in [1.165, 1.54) is 29.6 Å². The second-order valence-corrected chi connectivity index (χ2v) is 10.4. The predicted octanol–water partition coefficient (Wildman–Crippen LogP) is 3.22. The first-order valence-electron chi connectivity index (χ1n) is 11.8. The summed E-state index contributed by atoms with van der Waals surface area (Å²) in [6, 6.07) is 21.7. The number of ether oxygens (including phenoxy) is 2. The molecule has 0 spiro atoms. The van der Waals surface area contributed by atoms with Crippen molar-refractivity contribution >= 4 is 27.5 Å². The van der Waals surface area contributed by atoms with Gasteiger partial charge in [0.2, 0.25) is 15.9 Å². The Morgan fingerprint density at radius 3 is 2.27 bits per heavy atom. The number of amides is 2. The molecule has 1 aliphatic heterocycles. The molecule has 0 unspecified atom stereocenters.